The first-order chi connectivity index (χ1) is 11.3. The molecule has 23 heavy (non-hydrogen) atoms. The summed E-state index contributed by atoms with van der Waals surface area (Å²) in [6.07, 6.45) is 6.84. The number of amides is 1. The SMILES string of the molecule is COc1ccc(CC(=O)N2CCC(N3CCCCC3)CC2)cc1. The molecule has 0 saturated carbocycles. The molecule has 0 atom stereocenters. The fraction of sp³-hybridized carbons (Fsp3) is 0.632. The van der Waals surface area contributed by atoms with Gasteiger partial charge < -0.3 is 14.5 Å². The van der Waals surface area contributed by atoms with E-state index >= 15 is 0 Å². The summed E-state index contributed by atoms with van der Waals surface area (Å²) >= 11 is 0. The summed E-state index contributed by atoms with van der Waals surface area (Å²) in [5.41, 5.74) is 1.06. The Bertz CT molecular complexity index is 501. The lowest BCUT2D eigenvalue weighted by Gasteiger charge is -2.40. The molecule has 2 aliphatic rings. The Morgan fingerprint density at radius 1 is 1.04 bits per heavy atom. The third-order valence-electron chi connectivity index (χ3n) is 5.24. The number of piperidine rings is 2. The van der Waals surface area contributed by atoms with E-state index in [9.17, 15) is 4.79 Å². The molecular formula is C19H28N2O2. The highest BCUT2D eigenvalue weighted by atomic mass is 16.5. The van der Waals surface area contributed by atoms with Crippen LogP contribution in [0.5, 0.6) is 5.75 Å². The predicted octanol–water partition coefficient (Wildman–Crippen LogP) is 2.71. The van der Waals surface area contributed by atoms with Crippen molar-refractivity contribution in [1.29, 1.82) is 0 Å². The maximum atomic E-state index is 12.5. The predicted molar refractivity (Wildman–Crippen MR) is 91.7 cm³/mol. The number of benzene rings is 1. The second-order valence-corrected chi connectivity index (χ2v) is 6.73. The van der Waals surface area contributed by atoms with Gasteiger partial charge in [0.05, 0.1) is 13.5 Å². The van der Waals surface area contributed by atoms with E-state index in [0.29, 0.717) is 12.5 Å². The minimum absolute atomic E-state index is 0.257. The number of hydrogen-bond donors (Lipinski definition) is 0. The summed E-state index contributed by atoms with van der Waals surface area (Å²) in [5, 5.41) is 0. The fourth-order valence-corrected chi connectivity index (χ4v) is 3.79. The smallest absolute Gasteiger partial charge is 0.226 e. The van der Waals surface area contributed by atoms with Crippen LogP contribution in [0.4, 0.5) is 0 Å². The van der Waals surface area contributed by atoms with Gasteiger partial charge in [-0.15, -0.1) is 0 Å². The number of ether oxygens (including phenoxy) is 1. The Kier molecular flexibility index (Phi) is 5.55. The molecule has 2 heterocycles. The van der Waals surface area contributed by atoms with Crippen molar-refractivity contribution in [2.45, 2.75) is 44.6 Å². The van der Waals surface area contributed by atoms with Gasteiger partial charge in [0.2, 0.25) is 5.91 Å². The molecule has 3 rings (SSSR count). The van der Waals surface area contributed by atoms with Crippen molar-refractivity contribution in [3.63, 3.8) is 0 Å². The zero-order valence-electron chi connectivity index (χ0n) is 14.2. The maximum absolute atomic E-state index is 12.5. The second kappa shape index (κ2) is 7.82. The van der Waals surface area contributed by atoms with Crippen LogP contribution in [0, 0.1) is 0 Å². The first-order valence-corrected chi connectivity index (χ1v) is 8.91. The van der Waals surface area contributed by atoms with Crippen LogP contribution in [0.3, 0.4) is 0 Å². The molecule has 0 unspecified atom stereocenters. The van der Waals surface area contributed by atoms with E-state index in [1.54, 1.807) is 7.11 Å². The summed E-state index contributed by atoms with van der Waals surface area (Å²) in [6, 6.07) is 8.51. The molecule has 0 aliphatic carbocycles. The van der Waals surface area contributed by atoms with E-state index in [1.807, 2.05) is 29.2 Å². The third kappa shape index (κ3) is 4.25. The highest BCUT2D eigenvalue weighted by molar-refractivity contribution is 5.78. The van der Waals surface area contributed by atoms with Gasteiger partial charge in [-0.05, 0) is 56.5 Å². The number of hydrogen-bond acceptors (Lipinski definition) is 3. The molecule has 2 fully saturated rings. The van der Waals surface area contributed by atoms with E-state index in [1.165, 1.54) is 32.4 Å². The van der Waals surface area contributed by atoms with Crippen LogP contribution in [0.25, 0.3) is 0 Å². The summed E-state index contributed by atoms with van der Waals surface area (Å²) in [6.45, 7) is 4.33. The van der Waals surface area contributed by atoms with Gasteiger partial charge in [-0.3, -0.25) is 4.79 Å². The van der Waals surface area contributed by atoms with Crippen molar-refractivity contribution in [3.05, 3.63) is 29.8 Å². The van der Waals surface area contributed by atoms with Crippen LogP contribution >= 0.6 is 0 Å². The monoisotopic (exact) mass is 316 g/mol. The highest BCUT2D eigenvalue weighted by Crippen LogP contribution is 2.21. The molecule has 0 N–H and O–H groups in total. The molecule has 2 saturated heterocycles. The molecule has 126 valence electrons. The van der Waals surface area contributed by atoms with E-state index in [2.05, 4.69) is 4.90 Å². The summed E-state index contributed by atoms with van der Waals surface area (Å²) in [5.74, 6) is 1.09. The number of carbonyl (C=O) groups excluding carboxylic acids is 1. The topological polar surface area (TPSA) is 32.8 Å². The van der Waals surface area contributed by atoms with Gasteiger partial charge in [0.1, 0.15) is 5.75 Å². The zero-order chi connectivity index (χ0) is 16.1. The molecule has 0 aromatic heterocycles. The number of carbonyl (C=O) groups is 1. The first-order valence-electron chi connectivity index (χ1n) is 8.91. The molecule has 1 amide bonds. The Morgan fingerprint density at radius 3 is 2.30 bits per heavy atom. The lowest BCUT2D eigenvalue weighted by Crippen LogP contribution is -2.48. The number of rotatable bonds is 4. The van der Waals surface area contributed by atoms with Crippen LogP contribution in [0.2, 0.25) is 0 Å². The molecule has 4 nitrogen and oxygen atoms in total. The van der Waals surface area contributed by atoms with Crippen molar-refractivity contribution in [2.75, 3.05) is 33.3 Å². The fourth-order valence-electron chi connectivity index (χ4n) is 3.79. The van der Waals surface area contributed by atoms with Crippen molar-refractivity contribution in [2.24, 2.45) is 0 Å². The van der Waals surface area contributed by atoms with Crippen molar-refractivity contribution in [3.8, 4) is 5.75 Å². The number of likely N-dealkylation sites (tertiary alicyclic amines) is 2. The largest absolute Gasteiger partial charge is 0.497 e. The van der Waals surface area contributed by atoms with Crippen LogP contribution in [0.1, 0.15) is 37.7 Å². The lowest BCUT2D eigenvalue weighted by molar-refractivity contribution is -0.132. The Morgan fingerprint density at radius 2 is 1.70 bits per heavy atom. The molecule has 0 bridgehead atoms. The highest BCUT2D eigenvalue weighted by Gasteiger charge is 2.27. The van der Waals surface area contributed by atoms with Gasteiger partial charge in [-0.25, -0.2) is 0 Å². The Hall–Kier alpha value is -1.55. The molecule has 1 aromatic carbocycles. The van der Waals surface area contributed by atoms with Crippen LogP contribution in [0.15, 0.2) is 24.3 Å². The van der Waals surface area contributed by atoms with E-state index in [-0.39, 0.29) is 5.91 Å². The van der Waals surface area contributed by atoms with Gasteiger partial charge in [0.15, 0.2) is 0 Å². The van der Waals surface area contributed by atoms with Gasteiger partial charge in [0, 0.05) is 19.1 Å². The molecule has 1 aromatic rings. The van der Waals surface area contributed by atoms with E-state index < -0.39 is 0 Å². The molecule has 2 aliphatic heterocycles. The van der Waals surface area contributed by atoms with Crippen molar-refractivity contribution in [1.82, 2.24) is 9.80 Å². The summed E-state index contributed by atoms with van der Waals surface area (Å²) < 4.78 is 5.16. The van der Waals surface area contributed by atoms with E-state index in [4.69, 9.17) is 4.74 Å². The standard InChI is InChI=1S/C19H28N2O2/c1-23-18-7-5-16(6-8-18)15-19(22)21-13-9-17(10-14-21)20-11-3-2-4-12-20/h5-8,17H,2-4,9-15H2,1H3. The van der Waals surface area contributed by atoms with Gasteiger partial charge >= 0.3 is 0 Å². The number of methoxy groups -OCH3 is 1. The molecule has 0 spiro atoms. The van der Waals surface area contributed by atoms with Crippen molar-refractivity contribution < 1.29 is 9.53 Å². The average Bonchev–Trinajstić information content (AvgIpc) is 2.63. The van der Waals surface area contributed by atoms with Gasteiger partial charge in [0.25, 0.3) is 0 Å². The number of nitrogens with zero attached hydrogens (tertiary/aromatic N) is 2. The van der Waals surface area contributed by atoms with Crippen LogP contribution < -0.4 is 4.74 Å². The summed E-state index contributed by atoms with van der Waals surface area (Å²) in [7, 11) is 1.66. The Labute approximate surface area is 139 Å². The zero-order valence-corrected chi connectivity index (χ0v) is 14.2. The van der Waals surface area contributed by atoms with Gasteiger partial charge in [-0.2, -0.15) is 0 Å². The molecule has 4 heteroatoms. The van der Waals surface area contributed by atoms with Crippen LogP contribution in [-0.4, -0.2) is 55.0 Å². The van der Waals surface area contributed by atoms with Gasteiger partial charge in [-0.1, -0.05) is 18.6 Å². The minimum Gasteiger partial charge on any atom is -0.497 e. The van der Waals surface area contributed by atoms with Crippen LogP contribution in [-0.2, 0) is 11.2 Å². The minimum atomic E-state index is 0.257. The normalized spacial score (nSPS) is 20.5. The Balaban J connectivity index is 1.47. The quantitative estimate of drug-likeness (QED) is 0.856. The second-order valence-electron chi connectivity index (χ2n) is 6.73. The lowest BCUT2D eigenvalue weighted by atomic mass is 9.99. The average molecular weight is 316 g/mol. The van der Waals surface area contributed by atoms with Crippen molar-refractivity contribution >= 4 is 5.91 Å². The third-order valence-corrected chi connectivity index (χ3v) is 5.24. The summed E-state index contributed by atoms with van der Waals surface area (Å²) in [4.78, 5) is 17.2. The molecular weight excluding hydrogens is 288 g/mol. The van der Waals surface area contributed by atoms with E-state index in [0.717, 1.165) is 37.2 Å². The first kappa shape index (κ1) is 16.3. The maximum Gasteiger partial charge on any atom is 0.226 e. The molecule has 0 radical (unpaired) electrons.